The lowest BCUT2D eigenvalue weighted by atomic mass is 10.1. The second-order valence-electron chi connectivity index (χ2n) is 6.70. The maximum absolute atomic E-state index is 12.6. The maximum Gasteiger partial charge on any atom is 0.292 e. The van der Waals surface area contributed by atoms with Crippen LogP contribution in [0.25, 0.3) is 0 Å². The van der Waals surface area contributed by atoms with Crippen LogP contribution >= 0.6 is 0 Å². The van der Waals surface area contributed by atoms with Crippen LogP contribution in [0.15, 0.2) is 23.0 Å². The van der Waals surface area contributed by atoms with E-state index in [2.05, 4.69) is 15.1 Å². The van der Waals surface area contributed by atoms with Crippen molar-refractivity contribution in [1.82, 2.24) is 20.0 Å². The monoisotopic (exact) mass is 344 g/mol. The summed E-state index contributed by atoms with van der Waals surface area (Å²) in [6, 6.07) is 3.72. The van der Waals surface area contributed by atoms with Gasteiger partial charge < -0.3 is 14.2 Å². The Morgan fingerprint density at radius 2 is 2.20 bits per heavy atom. The number of carbonyl (C=O) groups is 1. The second-order valence-corrected chi connectivity index (χ2v) is 6.70. The number of aromatic nitrogens is 3. The molecule has 3 rings (SSSR count). The summed E-state index contributed by atoms with van der Waals surface area (Å²) in [6.45, 7) is 7.65. The highest BCUT2D eigenvalue weighted by atomic mass is 16.5. The zero-order valence-corrected chi connectivity index (χ0v) is 14.9. The molecule has 0 spiro atoms. The van der Waals surface area contributed by atoms with E-state index in [0.717, 1.165) is 29.9 Å². The first kappa shape index (κ1) is 17.5. The SMILES string of the molecule is Cc1cc(CCC2CN(C(=O)c3cc(C(C)C)no3)CCO2)ncn1. The standard InChI is InChI=1S/C18H24N4O3/c1-12(2)16-9-17(25-21-16)18(23)22-6-7-24-15(10-22)5-4-14-8-13(3)19-11-20-14/h8-9,11-12,15H,4-7,10H2,1-3H3. The Morgan fingerprint density at radius 1 is 1.36 bits per heavy atom. The van der Waals surface area contributed by atoms with Gasteiger partial charge in [-0.15, -0.1) is 0 Å². The second kappa shape index (κ2) is 7.74. The van der Waals surface area contributed by atoms with E-state index >= 15 is 0 Å². The minimum Gasteiger partial charge on any atom is -0.375 e. The molecule has 0 aromatic carbocycles. The average molecular weight is 344 g/mol. The Bertz CT molecular complexity index is 729. The van der Waals surface area contributed by atoms with Crippen LogP contribution in [0.5, 0.6) is 0 Å². The Balaban J connectivity index is 1.57. The summed E-state index contributed by atoms with van der Waals surface area (Å²) < 4.78 is 11.0. The quantitative estimate of drug-likeness (QED) is 0.828. The highest BCUT2D eigenvalue weighted by molar-refractivity contribution is 5.91. The van der Waals surface area contributed by atoms with Crippen LogP contribution in [-0.4, -0.2) is 51.7 Å². The zero-order chi connectivity index (χ0) is 17.8. The van der Waals surface area contributed by atoms with E-state index in [1.807, 2.05) is 26.8 Å². The summed E-state index contributed by atoms with van der Waals surface area (Å²) in [5.74, 6) is 0.417. The molecule has 3 heterocycles. The fraction of sp³-hybridized carbons (Fsp3) is 0.556. The van der Waals surface area contributed by atoms with Crippen molar-refractivity contribution < 1.29 is 14.1 Å². The number of morpholine rings is 1. The van der Waals surface area contributed by atoms with E-state index < -0.39 is 0 Å². The molecule has 1 saturated heterocycles. The fourth-order valence-electron chi connectivity index (χ4n) is 2.85. The molecular weight excluding hydrogens is 320 g/mol. The highest BCUT2D eigenvalue weighted by Gasteiger charge is 2.27. The molecule has 0 radical (unpaired) electrons. The van der Waals surface area contributed by atoms with Crippen molar-refractivity contribution in [2.75, 3.05) is 19.7 Å². The van der Waals surface area contributed by atoms with Crippen molar-refractivity contribution in [2.24, 2.45) is 0 Å². The summed E-state index contributed by atoms with van der Waals surface area (Å²) in [7, 11) is 0. The molecule has 0 bridgehead atoms. The molecule has 1 aliphatic heterocycles. The normalized spacial score (nSPS) is 17.9. The lowest BCUT2D eigenvalue weighted by molar-refractivity contribution is -0.0258. The third-order valence-electron chi connectivity index (χ3n) is 4.34. The smallest absolute Gasteiger partial charge is 0.292 e. The van der Waals surface area contributed by atoms with Gasteiger partial charge in [0.05, 0.1) is 18.4 Å². The molecule has 0 saturated carbocycles. The van der Waals surface area contributed by atoms with E-state index in [0.29, 0.717) is 25.5 Å². The van der Waals surface area contributed by atoms with Gasteiger partial charge in [0, 0.05) is 30.5 Å². The Hall–Kier alpha value is -2.28. The molecule has 2 aromatic heterocycles. The van der Waals surface area contributed by atoms with Gasteiger partial charge in [0.1, 0.15) is 6.33 Å². The van der Waals surface area contributed by atoms with Crippen LogP contribution in [0, 0.1) is 6.92 Å². The lowest BCUT2D eigenvalue weighted by Crippen LogP contribution is -2.45. The van der Waals surface area contributed by atoms with Crippen molar-refractivity contribution in [3.63, 3.8) is 0 Å². The number of hydrogen-bond donors (Lipinski definition) is 0. The lowest BCUT2D eigenvalue weighted by Gasteiger charge is -2.32. The minimum absolute atomic E-state index is 0.000428. The number of hydrogen-bond acceptors (Lipinski definition) is 6. The summed E-state index contributed by atoms with van der Waals surface area (Å²) in [4.78, 5) is 22.8. The topological polar surface area (TPSA) is 81.4 Å². The molecular formula is C18H24N4O3. The van der Waals surface area contributed by atoms with Crippen LogP contribution in [0.2, 0.25) is 0 Å². The third kappa shape index (κ3) is 4.42. The van der Waals surface area contributed by atoms with E-state index in [1.54, 1.807) is 17.3 Å². The number of aryl methyl sites for hydroxylation is 2. The minimum atomic E-state index is -0.120. The number of nitrogens with zero attached hydrogens (tertiary/aromatic N) is 4. The van der Waals surface area contributed by atoms with Gasteiger partial charge in [0.2, 0.25) is 5.76 Å². The van der Waals surface area contributed by atoms with Crippen LogP contribution < -0.4 is 0 Å². The molecule has 7 heteroatoms. The molecule has 0 aliphatic carbocycles. The van der Waals surface area contributed by atoms with Crippen molar-refractivity contribution in [2.45, 2.75) is 45.6 Å². The first-order chi connectivity index (χ1) is 12.0. The Labute approximate surface area is 147 Å². The van der Waals surface area contributed by atoms with Crippen molar-refractivity contribution in [3.05, 3.63) is 41.3 Å². The van der Waals surface area contributed by atoms with Gasteiger partial charge in [-0.2, -0.15) is 0 Å². The molecule has 134 valence electrons. The zero-order valence-electron chi connectivity index (χ0n) is 14.9. The van der Waals surface area contributed by atoms with Gasteiger partial charge in [0.15, 0.2) is 0 Å². The third-order valence-corrected chi connectivity index (χ3v) is 4.34. The van der Waals surface area contributed by atoms with Gasteiger partial charge in [-0.1, -0.05) is 19.0 Å². The Morgan fingerprint density at radius 3 is 2.92 bits per heavy atom. The molecule has 1 unspecified atom stereocenters. The highest BCUT2D eigenvalue weighted by Crippen LogP contribution is 2.18. The van der Waals surface area contributed by atoms with Crippen molar-refractivity contribution in [3.8, 4) is 0 Å². The fourth-order valence-corrected chi connectivity index (χ4v) is 2.85. The van der Waals surface area contributed by atoms with Gasteiger partial charge in [-0.05, 0) is 31.7 Å². The summed E-state index contributed by atoms with van der Waals surface area (Å²) in [6.07, 6.45) is 3.20. The van der Waals surface area contributed by atoms with E-state index in [1.165, 1.54) is 0 Å². The van der Waals surface area contributed by atoms with Gasteiger partial charge in [-0.3, -0.25) is 4.79 Å². The first-order valence-corrected chi connectivity index (χ1v) is 8.68. The number of ether oxygens (including phenoxy) is 1. The average Bonchev–Trinajstić information content (AvgIpc) is 3.10. The predicted molar refractivity (Wildman–Crippen MR) is 91.3 cm³/mol. The first-order valence-electron chi connectivity index (χ1n) is 8.68. The van der Waals surface area contributed by atoms with E-state index in [-0.39, 0.29) is 17.9 Å². The number of amides is 1. The van der Waals surface area contributed by atoms with Crippen LogP contribution in [0.3, 0.4) is 0 Å². The van der Waals surface area contributed by atoms with Crippen molar-refractivity contribution >= 4 is 5.91 Å². The Kier molecular flexibility index (Phi) is 5.43. The van der Waals surface area contributed by atoms with Crippen molar-refractivity contribution in [1.29, 1.82) is 0 Å². The van der Waals surface area contributed by atoms with Gasteiger partial charge >= 0.3 is 0 Å². The largest absolute Gasteiger partial charge is 0.375 e. The van der Waals surface area contributed by atoms with E-state index in [9.17, 15) is 4.79 Å². The molecule has 25 heavy (non-hydrogen) atoms. The molecule has 1 amide bonds. The van der Waals surface area contributed by atoms with Crippen LogP contribution in [0.4, 0.5) is 0 Å². The molecule has 2 aromatic rings. The van der Waals surface area contributed by atoms with Crippen LogP contribution in [0.1, 0.15) is 53.8 Å². The number of rotatable bonds is 5. The predicted octanol–water partition coefficient (Wildman–Crippen LogP) is 2.37. The van der Waals surface area contributed by atoms with E-state index in [4.69, 9.17) is 9.26 Å². The molecule has 1 atom stereocenters. The van der Waals surface area contributed by atoms with Crippen LogP contribution in [-0.2, 0) is 11.2 Å². The summed E-state index contributed by atoms with van der Waals surface area (Å²) >= 11 is 0. The summed E-state index contributed by atoms with van der Waals surface area (Å²) in [5, 5.41) is 3.97. The van der Waals surface area contributed by atoms with Gasteiger partial charge in [0.25, 0.3) is 5.91 Å². The number of carbonyl (C=O) groups excluding carboxylic acids is 1. The molecule has 7 nitrogen and oxygen atoms in total. The van der Waals surface area contributed by atoms with Gasteiger partial charge in [-0.25, -0.2) is 9.97 Å². The maximum atomic E-state index is 12.6. The molecule has 1 aliphatic rings. The molecule has 1 fully saturated rings. The summed E-state index contributed by atoms with van der Waals surface area (Å²) in [5.41, 5.74) is 2.75. The molecule has 0 N–H and O–H groups in total.